The van der Waals surface area contributed by atoms with Gasteiger partial charge in [-0.05, 0) is 31.1 Å². The van der Waals surface area contributed by atoms with Crippen molar-refractivity contribution in [1.82, 2.24) is 0 Å². The van der Waals surface area contributed by atoms with Crippen molar-refractivity contribution in [2.24, 2.45) is 11.8 Å². The molecule has 368 valence electrons. The van der Waals surface area contributed by atoms with E-state index in [9.17, 15) is 14.4 Å². The molecule has 62 heavy (non-hydrogen) atoms. The summed E-state index contributed by atoms with van der Waals surface area (Å²) in [6, 6.07) is 0. The van der Waals surface area contributed by atoms with Crippen LogP contribution in [0.1, 0.15) is 311 Å². The van der Waals surface area contributed by atoms with Gasteiger partial charge in [-0.15, -0.1) is 0 Å². The topological polar surface area (TPSA) is 78.9 Å². The maximum atomic E-state index is 12.8. The molecule has 0 amide bonds. The van der Waals surface area contributed by atoms with E-state index in [1.807, 2.05) is 0 Å². The van der Waals surface area contributed by atoms with Crippen molar-refractivity contribution in [2.45, 2.75) is 317 Å². The highest BCUT2D eigenvalue weighted by Crippen LogP contribution is 2.18. The van der Waals surface area contributed by atoms with Crippen molar-refractivity contribution in [3.05, 3.63) is 0 Å². The molecule has 0 aromatic heterocycles. The minimum atomic E-state index is -0.761. The van der Waals surface area contributed by atoms with Crippen molar-refractivity contribution < 1.29 is 28.6 Å². The van der Waals surface area contributed by atoms with Gasteiger partial charge in [-0.3, -0.25) is 14.4 Å². The number of rotatable bonds is 50. The highest BCUT2D eigenvalue weighted by Gasteiger charge is 2.19. The lowest BCUT2D eigenvalue weighted by atomic mass is 10.0. The Labute approximate surface area is 387 Å². The normalized spacial score (nSPS) is 12.0. The highest BCUT2D eigenvalue weighted by atomic mass is 16.6. The third-order valence-electron chi connectivity index (χ3n) is 12.7. The molecule has 0 radical (unpaired) electrons. The molecule has 0 aromatic rings. The van der Waals surface area contributed by atoms with Crippen molar-refractivity contribution >= 4 is 17.9 Å². The predicted octanol–water partition coefficient (Wildman–Crippen LogP) is 18.1. The number of carbonyl (C=O) groups excluding carboxylic acids is 3. The van der Waals surface area contributed by atoms with E-state index in [2.05, 4.69) is 34.6 Å². The average molecular weight is 877 g/mol. The highest BCUT2D eigenvalue weighted by molar-refractivity contribution is 5.71. The SMILES string of the molecule is CCCCCCCCCC(=O)OC[C@H](COC(=O)CCCCCCCCCCCCCCCC(C)C)OC(=O)CCCCCCCCCCCCCCCCCCCCC(C)C. The quantitative estimate of drug-likeness (QED) is 0.0344. The van der Waals surface area contributed by atoms with Gasteiger partial charge >= 0.3 is 17.9 Å². The van der Waals surface area contributed by atoms with Gasteiger partial charge in [0.1, 0.15) is 13.2 Å². The summed E-state index contributed by atoms with van der Waals surface area (Å²) in [4.78, 5) is 37.9. The summed E-state index contributed by atoms with van der Waals surface area (Å²) in [5.41, 5.74) is 0. The molecule has 0 rings (SSSR count). The summed E-state index contributed by atoms with van der Waals surface area (Å²) in [6.07, 6.45) is 51.1. The second-order valence-corrected chi connectivity index (χ2v) is 20.2. The van der Waals surface area contributed by atoms with Crippen molar-refractivity contribution in [3.63, 3.8) is 0 Å². The van der Waals surface area contributed by atoms with Crippen LogP contribution in [0.25, 0.3) is 0 Å². The summed E-state index contributed by atoms with van der Waals surface area (Å²) < 4.78 is 16.8. The predicted molar refractivity (Wildman–Crippen MR) is 266 cm³/mol. The van der Waals surface area contributed by atoms with Gasteiger partial charge < -0.3 is 14.2 Å². The second kappa shape index (κ2) is 48.9. The maximum Gasteiger partial charge on any atom is 0.306 e. The summed E-state index contributed by atoms with van der Waals surface area (Å²) in [5, 5.41) is 0. The van der Waals surface area contributed by atoms with Crippen molar-refractivity contribution in [3.8, 4) is 0 Å². The Balaban J connectivity index is 4.14. The molecular weight excluding hydrogens is 769 g/mol. The summed E-state index contributed by atoms with van der Waals surface area (Å²) in [6.45, 7) is 11.4. The Morgan fingerprint density at radius 2 is 0.532 bits per heavy atom. The monoisotopic (exact) mass is 877 g/mol. The Morgan fingerprint density at radius 3 is 0.790 bits per heavy atom. The fraction of sp³-hybridized carbons (Fsp3) is 0.946. The first-order chi connectivity index (χ1) is 30.2. The van der Waals surface area contributed by atoms with Crippen molar-refractivity contribution in [1.29, 1.82) is 0 Å². The van der Waals surface area contributed by atoms with Crippen LogP contribution in [0.2, 0.25) is 0 Å². The largest absolute Gasteiger partial charge is 0.462 e. The number of hydrogen-bond donors (Lipinski definition) is 0. The molecule has 0 unspecified atom stereocenters. The van der Waals surface area contributed by atoms with Gasteiger partial charge in [0, 0.05) is 19.3 Å². The molecular formula is C56H108O6. The summed E-state index contributed by atoms with van der Waals surface area (Å²) >= 11 is 0. The number of esters is 3. The van der Waals surface area contributed by atoms with E-state index < -0.39 is 6.10 Å². The first kappa shape index (κ1) is 60.4. The minimum absolute atomic E-state index is 0.0635. The minimum Gasteiger partial charge on any atom is -0.462 e. The van der Waals surface area contributed by atoms with Crippen LogP contribution in [0.3, 0.4) is 0 Å². The lowest BCUT2D eigenvalue weighted by Gasteiger charge is -2.18. The van der Waals surface area contributed by atoms with Crippen LogP contribution in [0, 0.1) is 11.8 Å². The lowest BCUT2D eigenvalue weighted by molar-refractivity contribution is -0.167. The molecule has 0 fully saturated rings. The average Bonchev–Trinajstić information content (AvgIpc) is 3.24. The Bertz CT molecular complexity index is 947. The molecule has 0 saturated carbocycles. The van der Waals surface area contributed by atoms with Gasteiger partial charge in [-0.25, -0.2) is 0 Å². The van der Waals surface area contributed by atoms with Gasteiger partial charge in [0.2, 0.25) is 0 Å². The van der Waals surface area contributed by atoms with E-state index >= 15 is 0 Å². The third kappa shape index (κ3) is 49.4. The zero-order valence-corrected chi connectivity index (χ0v) is 42.5. The molecule has 0 saturated heterocycles. The van der Waals surface area contributed by atoms with E-state index in [-0.39, 0.29) is 31.1 Å². The molecule has 0 aromatic carbocycles. The number of ether oxygens (including phenoxy) is 3. The van der Waals surface area contributed by atoms with Crippen LogP contribution in [0.4, 0.5) is 0 Å². The molecule has 0 spiro atoms. The smallest absolute Gasteiger partial charge is 0.306 e. The Hall–Kier alpha value is -1.59. The Kier molecular flexibility index (Phi) is 47.6. The van der Waals surface area contributed by atoms with E-state index in [0.29, 0.717) is 19.3 Å². The summed E-state index contributed by atoms with van der Waals surface area (Å²) in [5.74, 6) is 0.848. The zero-order chi connectivity index (χ0) is 45.4. The summed E-state index contributed by atoms with van der Waals surface area (Å²) in [7, 11) is 0. The van der Waals surface area contributed by atoms with Gasteiger partial charge in [0.25, 0.3) is 0 Å². The van der Waals surface area contributed by atoms with E-state index in [1.165, 1.54) is 199 Å². The van der Waals surface area contributed by atoms with Crippen LogP contribution in [-0.4, -0.2) is 37.2 Å². The van der Waals surface area contributed by atoms with Crippen LogP contribution in [0.5, 0.6) is 0 Å². The van der Waals surface area contributed by atoms with Gasteiger partial charge in [-0.2, -0.15) is 0 Å². The standard InChI is InChI=1S/C56H108O6/c1-6-7-8-9-29-36-41-46-54(57)60-49-53(50-61-55(58)47-42-37-32-27-23-20-16-18-22-26-31-35-40-45-52(4)5)62-56(59)48-43-38-33-28-24-19-15-13-11-10-12-14-17-21-25-30-34-39-44-51(2)3/h51-53H,6-50H2,1-5H3/t53-/m1/s1. The van der Waals surface area contributed by atoms with Crippen molar-refractivity contribution in [2.75, 3.05) is 13.2 Å². The van der Waals surface area contributed by atoms with Gasteiger partial charge in [-0.1, -0.05) is 272 Å². The lowest BCUT2D eigenvalue weighted by Crippen LogP contribution is -2.30. The molecule has 0 bridgehead atoms. The van der Waals surface area contributed by atoms with Crippen LogP contribution in [0.15, 0.2) is 0 Å². The molecule has 0 heterocycles. The van der Waals surface area contributed by atoms with Crippen LogP contribution in [-0.2, 0) is 28.6 Å². The molecule has 0 aliphatic heterocycles. The second-order valence-electron chi connectivity index (χ2n) is 20.2. The molecule has 0 aliphatic carbocycles. The number of hydrogen-bond acceptors (Lipinski definition) is 6. The van der Waals surface area contributed by atoms with Crippen LogP contribution >= 0.6 is 0 Å². The number of carbonyl (C=O) groups is 3. The van der Waals surface area contributed by atoms with Crippen LogP contribution < -0.4 is 0 Å². The number of unbranched alkanes of at least 4 members (excludes halogenated alkanes) is 35. The molecule has 6 nitrogen and oxygen atoms in total. The maximum absolute atomic E-state index is 12.8. The van der Waals surface area contributed by atoms with Gasteiger partial charge in [0.15, 0.2) is 6.10 Å². The first-order valence-electron chi connectivity index (χ1n) is 27.7. The molecule has 6 heteroatoms. The van der Waals surface area contributed by atoms with E-state index in [4.69, 9.17) is 14.2 Å². The molecule has 0 N–H and O–H groups in total. The zero-order valence-electron chi connectivity index (χ0n) is 42.5. The third-order valence-corrected chi connectivity index (χ3v) is 12.7. The first-order valence-corrected chi connectivity index (χ1v) is 27.7. The molecule has 1 atom stereocenters. The van der Waals surface area contributed by atoms with Gasteiger partial charge in [0.05, 0.1) is 0 Å². The Morgan fingerprint density at radius 1 is 0.306 bits per heavy atom. The van der Waals surface area contributed by atoms with E-state index in [0.717, 1.165) is 69.6 Å². The van der Waals surface area contributed by atoms with E-state index in [1.54, 1.807) is 0 Å². The fourth-order valence-electron chi connectivity index (χ4n) is 8.52. The molecule has 0 aliphatic rings. The fourth-order valence-corrected chi connectivity index (χ4v) is 8.52.